The van der Waals surface area contributed by atoms with E-state index in [1.54, 1.807) is 6.07 Å². The molecule has 4 aliphatic carbocycles. The third kappa shape index (κ3) is 4.46. The number of rotatable bonds is 6. The van der Waals surface area contributed by atoms with Crippen LogP contribution >= 0.6 is 11.6 Å². The van der Waals surface area contributed by atoms with Gasteiger partial charge in [-0.3, -0.25) is 0 Å². The molecule has 2 aromatic carbocycles. The van der Waals surface area contributed by atoms with Gasteiger partial charge in [-0.15, -0.1) is 0 Å². The number of hydrogen-bond donors (Lipinski definition) is 1. The van der Waals surface area contributed by atoms with Crippen LogP contribution in [0.15, 0.2) is 48.5 Å². The monoisotopic (exact) mass is 475 g/mol. The molecule has 0 saturated heterocycles. The van der Waals surface area contributed by atoms with E-state index in [-0.39, 0.29) is 16.9 Å². The van der Waals surface area contributed by atoms with E-state index >= 15 is 0 Å². The van der Waals surface area contributed by atoms with Gasteiger partial charge in [-0.2, -0.15) is 13.2 Å². The molecule has 0 aromatic heterocycles. The highest BCUT2D eigenvalue weighted by molar-refractivity contribution is 6.30. The average molecular weight is 476 g/mol. The van der Waals surface area contributed by atoms with Gasteiger partial charge in [0.25, 0.3) is 0 Å². The Morgan fingerprint density at radius 1 is 1.00 bits per heavy atom. The second-order valence-corrected chi connectivity index (χ2v) is 11.7. The summed E-state index contributed by atoms with van der Waals surface area (Å²) in [5.41, 5.74) is 2.11. The summed E-state index contributed by atoms with van der Waals surface area (Å²) < 4.78 is 39.3. The number of hydrogen-bond acceptors (Lipinski definition) is 1. The third-order valence-electron chi connectivity index (χ3n) is 8.81. The van der Waals surface area contributed by atoms with E-state index in [4.69, 9.17) is 11.6 Å². The molecule has 4 saturated carbocycles. The minimum atomic E-state index is -4.30. The Labute approximate surface area is 200 Å². The molecule has 4 fully saturated rings. The zero-order chi connectivity index (χ0) is 23.4. The Bertz CT molecular complexity index is 985. The van der Waals surface area contributed by atoms with Crippen molar-refractivity contribution in [3.05, 3.63) is 70.2 Å². The molecule has 0 unspecified atom stereocenters. The molecule has 0 amide bonds. The van der Waals surface area contributed by atoms with Gasteiger partial charge < -0.3 is 5.32 Å². The van der Waals surface area contributed by atoms with Gasteiger partial charge in [0.2, 0.25) is 0 Å². The number of alkyl halides is 3. The van der Waals surface area contributed by atoms with Gasteiger partial charge in [0, 0.05) is 17.1 Å². The van der Waals surface area contributed by atoms with Gasteiger partial charge in [0.05, 0.1) is 5.56 Å². The molecule has 0 heterocycles. The van der Waals surface area contributed by atoms with Crippen LogP contribution in [-0.4, -0.2) is 12.1 Å². The maximum absolute atomic E-state index is 13.1. The maximum atomic E-state index is 13.1. The van der Waals surface area contributed by atoms with E-state index in [0.717, 1.165) is 28.5 Å². The van der Waals surface area contributed by atoms with Crippen molar-refractivity contribution in [3.63, 3.8) is 0 Å². The lowest BCUT2D eigenvalue weighted by Crippen LogP contribution is -2.60. The van der Waals surface area contributed by atoms with Crippen LogP contribution in [0.25, 0.3) is 0 Å². The van der Waals surface area contributed by atoms with Crippen LogP contribution in [0.3, 0.4) is 0 Å². The standard InChI is InChI=1S/C28H33ClF3N/c1-18(10-20-4-3-5-24(12-20)28(30,31)32)33-19(2)26-13-21-11-22(14-26)16-27(15-21,17-26)23-6-8-25(29)9-7-23/h3-9,12,18-19,21-22,33H,10-11,13-17H2,1-2H3/t18-,19+,21+,22+,26?,27?/m0/s1. The first-order valence-electron chi connectivity index (χ1n) is 12.3. The molecule has 0 radical (unpaired) electrons. The zero-order valence-corrected chi connectivity index (χ0v) is 20.1. The smallest absolute Gasteiger partial charge is 0.311 e. The molecule has 1 N–H and O–H groups in total. The van der Waals surface area contributed by atoms with Crippen LogP contribution in [0.1, 0.15) is 69.1 Å². The van der Waals surface area contributed by atoms with Gasteiger partial charge in [0.15, 0.2) is 0 Å². The van der Waals surface area contributed by atoms with E-state index in [1.165, 1.54) is 56.2 Å². The van der Waals surface area contributed by atoms with Crippen molar-refractivity contribution >= 4 is 11.6 Å². The summed E-state index contributed by atoms with van der Waals surface area (Å²) in [5.74, 6) is 1.54. The molecule has 1 nitrogen and oxygen atoms in total. The first kappa shape index (κ1) is 23.2. The maximum Gasteiger partial charge on any atom is 0.416 e. The van der Waals surface area contributed by atoms with Crippen LogP contribution in [0.5, 0.6) is 0 Å². The Kier molecular flexibility index (Phi) is 5.85. The lowest BCUT2D eigenvalue weighted by molar-refractivity contribution is -0.137. The van der Waals surface area contributed by atoms with Crippen LogP contribution in [0.4, 0.5) is 13.2 Å². The fourth-order valence-electron chi connectivity index (χ4n) is 7.87. The second kappa shape index (κ2) is 8.30. The largest absolute Gasteiger partial charge is 0.416 e. The Morgan fingerprint density at radius 3 is 2.30 bits per heavy atom. The van der Waals surface area contributed by atoms with Gasteiger partial charge in [-0.1, -0.05) is 41.9 Å². The van der Waals surface area contributed by atoms with E-state index in [1.807, 2.05) is 12.1 Å². The van der Waals surface area contributed by atoms with Crippen LogP contribution in [0.2, 0.25) is 5.02 Å². The highest BCUT2D eigenvalue weighted by Gasteiger charge is 2.59. The lowest BCUT2D eigenvalue weighted by Gasteiger charge is -2.64. The molecule has 6 rings (SSSR count). The fourth-order valence-corrected chi connectivity index (χ4v) is 8.00. The van der Waals surface area contributed by atoms with Crippen molar-refractivity contribution in [2.45, 2.75) is 82.5 Å². The lowest BCUT2D eigenvalue weighted by atomic mass is 9.41. The number of halogens is 4. The molecule has 0 aliphatic heterocycles. The summed E-state index contributed by atoms with van der Waals surface area (Å²) in [7, 11) is 0. The Morgan fingerprint density at radius 2 is 1.67 bits per heavy atom. The Hall–Kier alpha value is -1.52. The topological polar surface area (TPSA) is 12.0 Å². The molecule has 178 valence electrons. The molecule has 4 bridgehead atoms. The van der Waals surface area contributed by atoms with Gasteiger partial charge in [-0.25, -0.2) is 0 Å². The zero-order valence-electron chi connectivity index (χ0n) is 19.4. The highest BCUT2D eigenvalue weighted by atomic mass is 35.5. The van der Waals surface area contributed by atoms with Crippen molar-refractivity contribution in [2.24, 2.45) is 17.3 Å². The van der Waals surface area contributed by atoms with Crippen molar-refractivity contribution in [2.75, 3.05) is 0 Å². The number of nitrogens with one attached hydrogen (secondary N) is 1. The number of benzene rings is 2. The SMILES string of the molecule is C[C@@H](Cc1cccc(C(F)(F)F)c1)N[C@H](C)C12C[C@H]3C[C@@H](CC(c4ccc(Cl)cc4)(C3)C1)C2. The molecular formula is C28H33ClF3N. The first-order chi connectivity index (χ1) is 15.6. The summed E-state index contributed by atoms with van der Waals surface area (Å²) in [4.78, 5) is 0. The van der Waals surface area contributed by atoms with Crippen molar-refractivity contribution in [1.82, 2.24) is 5.32 Å². The van der Waals surface area contributed by atoms with E-state index < -0.39 is 11.7 Å². The van der Waals surface area contributed by atoms with Gasteiger partial charge in [-0.05, 0) is 111 Å². The predicted octanol–water partition coefficient (Wildman–Crippen LogP) is 7.81. The quantitative estimate of drug-likeness (QED) is 0.449. The third-order valence-corrected chi connectivity index (χ3v) is 9.06. The molecule has 33 heavy (non-hydrogen) atoms. The summed E-state index contributed by atoms with van der Waals surface area (Å²) in [6, 6.07) is 14.7. The van der Waals surface area contributed by atoms with Crippen molar-refractivity contribution < 1.29 is 13.2 Å². The van der Waals surface area contributed by atoms with Crippen LogP contribution in [-0.2, 0) is 18.0 Å². The fraction of sp³-hybridized carbons (Fsp3) is 0.571. The molecule has 5 heteroatoms. The summed E-state index contributed by atoms with van der Waals surface area (Å²) in [6.45, 7) is 4.41. The first-order valence-corrected chi connectivity index (χ1v) is 12.6. The van der Waals surface area contributed by atoms with E-state index in [9.17, 15) is 13.2 Å². The van der Waals surface area contributed by atoms with Crippen LogP contribution < -0.4 is 5.32 Å². The van der Waals surface area contributed by atoms with Gasteiger partial charge in [0.1, 0.15) is 0 Å². The molecule has 4 atom stereocenters. The normalized spacial score (nSPS) is 32.7. The molecule has 0 spiro atoms. The predicted molar refractivity (Wildman–Crippen MR) is 127 cm³/mol. The van der Waals surface area contributed by atoms with E-state index in [2.05, 4.69) is 31.3 Å². The molecular weight excluding hydrogens is 443 g/mol. The van der Waals surface area contributed by atoms with E-state index in [0.29, 0.717) is 12.5 Å². The molecule has 4 aliphatic rings. The summed E-state index contributed by atoms with van der Waals surface area (Å²) in [6.07, 6.45) is 3.93. The minimum Gasteiger partial charge on any atom is -0.311 e. The second-order valence-electron chi connectivity index (χ2n) is 11.3. The Balaban J connectivity index is 1.32. The van der Waals surface area contributed by atoms with Crippen molar-refractivity contribution in [1.29, 1.82) is 0 Å². The molecule has 2 aromatic rings. The highest BCUT2D eigenvalue weighted by Crippen LogP contribution is 2.66. The van der Waals surface area contributed by atoms with Crippen molar-refractivity contribution in [3.8, 4) is 0 Å². The van der Waals surface area contributed by atoms with Gasteiger partial charge >= 0.3 is 6.18 Å². The minimum absolute atomic E-state index is 0.114. The summed E-state index contributed by atoms with van der Waals surface area (Å²) in [5, 5.41) is 4.61. The summed E-state index contributed by atoms with van der Waals surface area (Å²) >= 11 is 6.18. The van der Waals surface area contributed by atoms with Crippen LogP contribution in [0, 0.1) is 17.3 Å². The average Bonchev–Trinajstić information content (AvgIpc) is 2.72.